The minimum absolute atomic E-state index is 0.0327. The molecule has 2 fully saturated rings. The molecule has 0 unspecified atom stereocenters. The van der Waals surface area contributed by atoms with Crippen LogP contribution in [-0.4, -0.2) is 34.9 Å². The first kappa shape index (κ1) is 18.2. The van der Waals surface area contributed by atoms with Crippen LogP contribution in [0.15, 0.2) is 54.6 Å². The van der Waals surface area contributed by atoms with Crippen molar-refractivity contribution in [2.75, 3.05) is 11.9 Å². The number of anilines is 1. The minimum Gasteiger partial charge on any atom is -0.326 e. The van der Waals surface area contributed by atoms with E-state index < -0.39 is 0 Å². The molecular formula is C25H20N2O4. The van der Waals surface area contributed by atoms with Gasteiger partial charge in [-0.05, 0) is 41.5 Å². The molecule has 2 bridgehead atoms. The van der Waals surface area contributed by atoms with E-state index in [-0.39, 0.29) is 60.1 Å². The maximum atomic E-state index is 12.7. The molecule has 6 heteroatoms. The van der Waals surface area contributed by atoms with Crippen LogP contribution in [0.5, 0.6) is 0 Å². The highest BCUT2D eigenvalue weighted by molar-refractivity contribution is 6.22. The first-order valence-corrected chi connectivity index (χ1v) is 10.6. The molecule has 2 aromatic rings. The number of allylic oxidation sites excluding steroid dienone is 2. The van der Waals surface area contributed by atoms with Crippen LogP contribution in [-0.2, 0) is 14.4 Å². The maximum absolute atomic E-state index is 12.7. The summed E-state index contributed by atoms with van der Waals surface area (Å²) in [5.74, 6) is -0.769. The number of likely N-dealkylation sites (tertiary alicyclic amines) is 1. The molecule has 1 aliphatic heterocycles. The summed E-state index contributed by atoms with van der Waals surface area (Å²) in [7, 11) is 0. The molecule has 154 valence electrons. The van der Waals surface area contributed by atoms with E-state index in [0.717, 1.165) is 17.5 Å². The number of imide groups is 1. The van der Waals surface area contributed by atoms with Gasteiger partial charge in [0.1, 0.15) is 0 Å². The highest BCUT2D eigenvalue weighted by Gasteiger charge is 2.59. The molecule has 1 saturated carbocycles. The van der Waals surface area contributed by atoms with Crippen molar-refractivity contribution in [1.29, 1.82) is 0 Å². The van der Waals surface area contributed by atoms with E-state index in [1.54, 1.807) is 18.2 Å². The van der Waals surface area contributed by atoms with E-state index in [1.165, 1.54) is 4.90 Å². The summed E-state index contributed by atoms with van der Waals surface area (Å²) in [4.78, 5) is 51.9. The Balaban J connectivity index is 1.13. The summed E-state index contributed by atoms with van der Waals surface area (Å²) in [6, 6.07) is 12.7. The van der Waals surface area contributed by atoms with Crippen molar-refractivity contribution in [3.8, 4) is 11.1 Å². The highest BCUT2D eigenvalue weighted by atomic mass is 16.2. The van der Waals surface area contributed by atoms with Gasteiger partial charge >= 0.3 is 0 Å². The summed E-state index contributed by atoms with van der Waals surface area (Å²) in [5, 5.41) is 2.80. The zero-order chi connectivity index (χ0) is 21.3. The zero-order valence-electron chi connectivity index (χ0n) is 16.7. The Kier molecular flexibility index (Phi) is 3.81. The lowest BCUT2D eigenvalue weighted by atomic mass is 9.85. The molecule has 0 aromatic heterocycles. The number of fused-ring (bicyclic) bond motifs is 8. The fourth-order valence-electron chi connectivity index (χ4n) is 5.73. The number of hydrogen-bond acceptors (Lipinski definition) is 4. The third-order valence-electron chi connectivity index (χ3n) is 7.13. The monoisotopic (exact) mass is 412 g/mol. The fourth-order valence-corrected chi connectivity index (χ4v) is 5.73. The molecule has 3 amide bonds. The van der Waals surface area contributed by atoms with Crippen molar-refractivity contribution in [2.45, 2.75) is 12.8 Å². The number of carbonyl (C=O) groups excluding carboxylic acids is 4. The number of benzene rings is 2. The van der Waals surface area contributed by atoms with Gasteiger partial charge < -0.3 is 5.32 Å². The second-order valence-electron chi connectivity index (χ2n) is 8.76. The second kappa shape index (κ2) is 6.48. The predicted octanol–water partition coefficient (Wildman–Crippen LogP) is 3.03. The van der Waals surface area contributed by atoms with Crippen LogP contribution in [0.25, 0.3) is 11.1 Å². The standard InChI is InChI=1S/C25H20N2O4/c28-20(9-10-27-24(30)21-13-5-6-14(11-13)22(21)25(27)31)26-15-7-8-17-16-3-1-2-4-18(16)23(29)19(17)12-15/h1-8,12-14,21-22H,9-11H2,(H,26,28)/t13-,14-,21-,22+/m0/s1. The van der Waals surface area contributed by atoms with Gasteiger partial charge in [0.25, 0.3) is 0 Å². The summed E-state index contributed by atoms with van der Waals surface area (Å²) < 4.78 is 0. The quantitative estimate of drug-likeness (QED) is 0.527. The van der Waals surface area contributed by atoms with Gasteiger partial charge in [0, 0.05) is 29.8 Å². The predicted molar refractivity (Wildman–Crippen MR) is 113 cm³/mol. The Morgan fingerprint density at radius 1 is 0.871 bits per heavy atom. The first-order chi connectivity index (χ1) is 15.0. The second-order valence-corrected chi connectivity index (χ2v) is 8.76. The van der Waals surface area contributed by atoms with E-state index in [2.05, 4.69) is 17.5 Å². The molecule has 4 aliphatic rings. The van der Waals surface area contributed by atoms with Gasteiger partial charge in [-0.2, -0.15) is 0 Å². The van der Waals surface area contributed by atoms with Crippen LogP contribution in [0.3, 0.4) is 0 Å². The molecule has 31 heavy (non-hydrogen) atoms. The Hall–Kier alpha value is -3.54. The third-order valence-corrected chi connectivity index (χ3v) is 7.13. The summed E-state index contributed by atoms with van der Waals surface area (Å²) in [6.45, 7) is 0.0885. The molecule has 1 heterocycles. The van der Waals surface area contributed by atoms with Gasteiger partial charge in [-0.15, -0.1) is 0 Å². The summed E-state index contributed by atoms with van der Waals surface area (Å²) >= 11 is 0. The third kappa shape index (κ3) is 2.57. The number of rotatable bonds is 4. The SMILES string of the molecule is O=C(CCN1C(=O)[C@@H]2[C@H](C1=O)[C@H]1C=C[C@H]2C1)Nc1ccc2c(c1)C(=O)c1ccccc1-2. The fraction of sp³-hybridized carbons (Fsp3) is 0.280. The molecule has 1 N–H and O–H groups in total. The first-order valence-electron chi connectivity index (χ1n) is 10.6. The van der Waals surface area contributed by atoms with Gasteiger partial charge in [0.15, 0.2) is 5.78 Å². The zero-order valence-corrected chi connectivity index (χ0v) is 16.7. The lowest BCUT2D eigenvalue weighted by molar-refractivity contribution is -0.140. The maximum Gasteiger partial charge on any atom is 0.233 e. The molecule has 0 radical (unpaired) electrons. The highest BCUT2D eigenvalue weighted by Crippen LogP contribution is 2.52. The molecule has 6 nitrogen and oxygen atoms in total. The number of hydrogen-bond donors (Lipinski definition) is 1. The Morgan fingerprint density at radius 3 is 2.23 bits per heavy atom. The topological polar surface area (TPSA) is 83.6 Å². The normalized spacial score (nSPS) is 27.0. The smallest absolute Gasteiger partial charge is 0.233 e. The Bertz CT molecular complexity index is 1180. The Morgan fingerprint density at radius 2 is 1.52 bits per heavy atom. The summed E-state index contributed by atoms with van der Waals surface area (Å²) in [5.41, 5.74) is 3.53. The largest absolute Gasteiger partial charge is 0.326 e. The van der Waals surface area contributed by atoms with E-state index in [1.807, 2.05) is 24.3 Å². The van der Waals surface area contributed by atoms with Gasteiger partial charge in [-0.3, -0.25) is 24.1 Å². The van der Waals surface area contributed by atoms with E-state index >= 15 is 0 Å². The van der Waals surface area contributed by atoms with Crippen LogP contribution in [0.1, 0.15) is 28.8 Å². The Labute approximate surface area is 178 Å². The van der Waals surface area contributed by atoms with Gasteiger partial charge in [-0.25, -0.2) is 0 Å². The lowest BCUT2D eigenvalue weighted by Crippen LogP contribution is -2.35. The average molecular weight is 412 g/mol. The van der Waals surface area contributed by atoms with E-state index in [4.69, 9.17) is 0 Å². The van der Waals surface area contributed by atoms with Gasteiger partial charge in [0.2, 0.25) is 17.7 Å². The van der Waals surface area contributed by atoms with Crippen molar-refractivity contribution in [3.05, 3.63) is 65.7 Å². The minimum atomic E-state index is -0.290. The lowest BCUT2D eigenvalue weighted by Gasteiger charge is -2.17. The van der Waals surface area contributed by atoms with Crippen molar-refractivity contribution in [3.63, 3.8) is 0 Å². The molecule has 3 aliphatic carbocycles. The van der Waals surface area contributed by atoms with Crippen LogP contribution in [0.4, 0.5) is 5.69 Å². The van der Waals surface area contributed by atoms with Crippen LogP contribution < -0.4 is 5.32 Å². The number of carbonyl (C=O) groups is 4. The van der Waals surface area contributed by atoms with Crippen LogP contribution in [0.2, 0.25) is 0 Å². The van der Waals surface area contributed by atoms with E-state index in [9.17, 15) is 19.2 Å². The van der Waals surface area contributed by atoms with Crippen molar-refractivity contribution in [2.24, 2.45) is 23.7 Å². The van der Waals surface area contributed by atoms with Crippen molar-refractivity contribution < 1.29 is 19.2 Å². The number of ketones is 1. The average Bonchev–Trinajstić information content (AvgIpc) is 3.51. The molecule has 1 saturated heterocycles. The number of nitrogens with one attached hydrogen (secondary N) is 1. The van der Waals surface area contributed by atoms with Crippen LogP contribution >= 0.6 is 0 Å². The molecule has 6 rings (SSSR count). The molecule has 0 spiro atoms. The number of amides is 3. The van der Waals surface area contributed by atoms with Gasteiger partial charge in [-0.1, -0.05) is 42.5 Å². The van der Waals surface area contributed by atoms with Crippen molar-refractivity contribution >= 4 is 29.2 Å². The summed E-state index contributed by atoms with van der Waals surface area (Å²) in [6.07, 6.45) is 5.04. The van der Waals surface area contributed by atoms with Gasteiger partial charge in [0.05, 0.1) is 11.8 Å². The molecule has 2 aromatic carbocycles. The van der Waals surface area contributed by atoms with E-state index in [0.29, 0.717) is 16.8 Å². The molecule has 4 atom stereocenters. The molecular weight excluding hydrogens is 392 g/mol. The number of nitrogens with zero attached hydrogens (tertiary/aromatic N) is 1. The van der Waals surface area contributed by atoms with Crippen LogP contribution in [0, 0.1) is 23.7 Å². The van der Waals surface area contributed by atoms with Crippen molar-refractivity contribution in [1.82, 2.24) is 4.90 Å².